The molecule has 0 aromatic heterocycles. The van der Waals surface area contributed by atoms with Crippen LogP contribution >= 0.6 is 11.8 Å². The number of carbonyl (C=O) groups is 1. The summed E-state index contributed by atoms with van der Waals surface area (Å²) in [4.78, 5) is 20.3. The minimum atomic E-state index is -0.0818. The van der Waals surface area contributed by atoms with Crippen LogP contribution in [0, 0.1) is 0 Å². The third kappa shape index (κ3) is 4.12. The highest BCUT2D eigenvalue weighted by Gasteiger charge is 2.37. The van der Waals surface area contributed by atoms with Gasteiger partial charge in [-0.15, -0.1) is 0 Å². The molecule has 2 aliphatic rings. The molecule has 1 atom stereocenters. The first-order valence-electron chi connectivity index (χ1n) is 9.23. The van der Waals surface area contributed by atoms with Gasteiger partial charge in [0.1, 0.15) is 0 Å². The summed E-state index contributed by atoms with van der Waals surface area (Å²) in [5.41, 5.74) is 1.58. The Morgan fingerprint density at radius 2 is 2.03 bits per heavy atom. The van der Waals surface area contributed by atoms with Gasteiger partial charge in [0.05, 0.1) is 23.7 Å². The van der Waals surface area contributed by atoms with Crippen LogP contribution in [0.5, 0.6) is 11.5 Å². The zero-order valence-electron chi connectivity index (χ0n) is 15.9. The minimum absolute atomic E-state index is 0.0622. The number of hydrogen-bond acceptors (Lipinski definition) is 5. The van der Waals surface area contributed by atoms with Crippen LogP contribution in [0.2, 0.25) is 0 Å². The van der Waals surface area contributed by atoms with E-state index < -0.39 is 0 Å². The number of methoxy groups -OCH3 is 1. The molecule has 1 amide bonds. The number of para-hydroxylation sites is 1. The molecule has 1 aliphatic carbocycles. The number of benzene rings is 2. The van der Waals surface area contributed by atoms with Gasteiger partial charge in [0, 0.05) is 0 Å². The molecule has 0 saturated carbocycles. The zero-order valence-corrected chi connectivity index (χ0v) is 16.7. The summed E-state index contributed by atoms with van der Waals surface area (Å²) in [6.07, 6.45) is 10.6. The molecule has 2 aromatic rings. The average molecular weight is 404 g/mol. The Balaban J connectivity index is 1.71. The van der Waals surface area contributed by atoms with Crippen LogP contribution < -0.4 is 4.74 Å². The zero-order chi connectivity index (χ0) is 20.2. The Labute approximate surface area is 173 Å². The predicted octanol–water partition coefficient (Wildman–Crippen LogP) is 4.89. The van der Waals surface area contributed by atoms with E-state index in [0.29, 0.717) is 15.8 Å². The number of rotatable bonds is 4. The van der Waals surface area contributed by atoms with Gasteiger partial charge in [0.2, 0.25) is 0 Å². The molecule has 6 heteroatoms. The van der Waals surface area contributed by atoms with Crippen molar-refractivity contribution >= 4 is 34.6 Å². The van der Waals surface area contributed by atoms with Crippen LogP contribution in [-0.2, 0) is 4.79 Å². The molecular weight excluding hydrogens is 384 g/mol. The van der Waals surface area contributed by atoms with Crippen molar-refractivity contribution in [1.29, 1.82) is 0 Å². The topological polar surface area (TPSA) is 62.1 Å². The third-order valence-electron chi connectivity index (χ3n) is 4.61. The van der Waals surface area contributed by atoms with Gasteiger partial charge in [0.15, 0.2) is 16.7 Å². The first-order valence-corrected chi connectivity index (χ1v) is 10.0. The van der Waals surface area contributed by atoms with E-state index in [1.807, 2.05) is 48.6 Å². The number of carbonyl (C=O) groups excluding carboxylic acids is 1. The van der Waals surface area contributed by atoms with Gasteiger partial charge in [-0.1, -0.05) is 48.6 Å². The van der Waals surface area contributed by atoms with E-state index >= 15 is 0 Å². The van der Waals surface area contributed by atoms with E-state index in [1.54, 1.807) is 29.2 Å². The van der Waals surface area contributed by atoms with Crippen LogP contribution in [-0.4, -0.2) is 34.2 Å². The third-order valence-corrected chi connectivity index (χ3v) is 5.59. The van der Waals surface area contributed by atoms with E-state index in [0.717, 1.165) is 17.7 Å². The number of amides is 1. The van der Waals surface area contributed by atoms with Gasteiger partial charge in [0.25, 0.3) is 5.91 Å². The number of allylic oxidation sites excluding steroid dienone is 2. The molecule has 1 aliphatic heterocycles. The molecule has 146 valence electrons. The second-order valence-electron chi connectivity index (χ2n) is 6.56. The van der Waals surface area contributed by atoms with E-state index in [1.165, 1.54) is 18.9 Å². The molecule has 0 bridgehead atoms. The van der Waals surface area contributed by atoms with Gasteiger partial charge in [-0.3, -0.25) is 9.69 Å². The Bertz CT molecular complexity index is 1040. The molecule has 0 spiro atoms. The minimum Gasteiger partial charge on any atom is -0.504 e. The second kappa shape index (κ2) is 8.41. The maximum Gasteiger partial charge on any atom is 0.267 e. The molecule has 1 heterocycles. The van der Waals surface area contributed by atoms with Gasteiger partial charge in [-0.05, 0) is 54.1 Å². The lowest BCUT2D eigenvalue weighted by Crippen LogP contribution is -2.38. The quantitative estimate of drug-likeness (QED) is 0.737. The fourth-order valence-electron chi connectivity index (χ4n) is 3.16. The molecule has 2 aromatic carbocycles. The number of phenols is 1. The van der Waals surface area contributed by atoms with Crippen molar-refractivity contribution in [2.75, 3.05) is 7.11 Å². The predicted molar refractivity (Wildman–Crippen MR) is 117 cm³/mol. The highest BCUT2D eigenvalue weighted by Crippen LogP contribution is 2.37. The molecule has 1 N–H and O–H groups in total. The normalized spacial score (nSPS) is 21.3. The first-order chi connectivity index (χ1) is 14.2. The van der Waals surface area contributed by atoms with Crippen LogP contribution in [0.25, 0.3) is 6.08 Å². The number of ether oxygens (including phenoxy) is 1. The number of aromatic hydroxyl groups is 1. The fraction of sp³-hybridized carbons (Fsp3) is 0.130. The average Bonchev–Trinajstić information content (AvgIpc) is 3.05. The summed E-state index contributed by atoms with van der Waals surface area (Å²) < 4.78 is 5.17. The first kappa shape index (κ1) is 19.1. The Hall–Kier alpha value is -3.25. The number of amidine groups is 1. The lowest BCUT2D eigenvalue weighted by Gasteiger charge is -2.24. The standard InChI is InChI=1S/C23H20N2O3S/c1-28-20-14-16(12-13-19(20)26)15-21-22(27)25(18-10-6-3-7-11-18)23(29-21)24-17-8-4-2-5-9-17/h2-10,12-15,18,26H,11H2,1H3/b21-15+,24-23?. The Morgan fingerprint density at radius 1 is 1.21 bits per heavy atom. The van der Waals surface area contributed by atoms with Gasteiger partial charge >= 0.3 is 0 Å². The van der Waals surface area contributed by atoms with Crippen LogP contribution in [0.15, 0.2) is 82.7 Å². The number of phenolic OH excluding ortho intramolecular Hbond substituents is 1. The monoisotopic (exact) mass is 404 g/mol. The van der Waals surface area contributed by atoms with Crippen LogP contribution in [0.3, 0.4) is 0 Å². The summed E-state index contributed by atoms with van der Waals surface area (Å²) >= 11 is 1.35. The Morgan fingerprint density at radius 3 is 2.76 bits per heavy atom. The maximum atomic E-state index is 13.2. The van der Waals surface area contributed by atoms with Crippen molar-refractivity contribution in [3.8, 4) is 11.5 Å². The van der Waals surface area contributed by atoms with Crippen molar-refractivity contribution in [2.24, 2.45) is 4.99 Å². The van der Waals surface area contributed by atoms with E-state index in [4.69, 9.17) is 9.73 Å². The van der Waals surface area contributed by atoms with Crippen molar-refractivity contribution in [3.05, 3.63) is 83.3 Å². The largest absolute Gasteiger partial charge is 0.504 e. The smallest absolute Gasteiger partial charge is 0.267 e. The Kier molecular flexibility index (Phi) is 5.53. The molecule has 1 fully saturated rings. The molecule has 1 unspecified atom stereocenters. The van der Waals surface area contributed by atoms with Crippen molar-refractivity contribution < 1.29 is 14.6 Å². The molecule has 4 rings (SSSR count). The summed E-state index contributed by atoms with van der Waals surface area (Å²) in [6.45, 7) is 0. The molecule has 0 radical (unpaired) electrons. The van der Waals surface area contributed by atoms with Crippen molar-refractivity contribution in [3.63, 3.8) is 0 Å². The van der Waals surface area contributed by atoms with E-state index in [9.17, 15) is 9.90 Å². The van der Waals surface area contributed by atoms with Crippen molar-refractivity contribution in [2.45, 2.75) is 12.5 Å². The molecule has 1 saturated heterocycles. The number of thioether (sulfide) groups is 1. The fourth-order valence-corrected chi connectivity index (χ4v) is 4.21. The van der Waals surface area contributed by atoms with Gasteiger partial charge in [-0.25, -0.2) is 4.99 Å². The highest BCUT2D eigenvalue weighted by molar-refractivity contribution is 8.18. The van der Waals surface area contributed by atoms with Gasteiger partial charge < -0.3 is 9.84 Å². The second-order valence-corrected chi connectivity index (χ2v) is 7.57. The molecule has 29 heavy (non-hydrogen) atoms. The van der Waals surface area contributed by atoms with Gasteiger partial charge in [-0.2, -0.15) is 0 Å². The summed E-state index contributed by atoms with van der Waals surface area (Å²) in [5, 5.41) is 10.5. The van der Waals surface area contributed by atoms with E-state index in [-0.39, 0.29) is 17.7 Å². The van der Waals surface area contributed by atoms with Crippen LogP contribution in [0.1, 0.15) is 12.0 Å². The summed E-state index contributed by atoms with van der Waals surface area (Å²) in [6, 6.07) is 14.6. The molecular formula is C23H20N2O3S. The SMILES string of the molecule is COc1cc(/C=C2/SC(=Nc3ccccc3)N(C3C=CC=CC3)C2=O)ccc1O. The van der Waals surface area contributed by atoms with Crippen LogP contribution in [0.4, 0.5) is 5.69 Å². The molecule has 5 nitrogen and oxygen atoms in total. The number of hydrogen-bond donors (Lipinski definition) is 1. The summed E-state index contributed by atoms with van der Waals surface area (Å²) in [7, 11) is 1.50. The lowest BCUT2D eigenvalue weighted by molar-refractivity contribution is -0.123. The number of nitrogens with zero attached hydrogens (tertiary/aromatic N) is 2. The summed E-state index contributed by atoms with van der Waals surface area (Å²) in [5.74, 6) is 0.346. The highest BCUT2D eigenvalue weighted by atomic mass is 32.2. The lowest BCUT2D eigenvalue weighted by atomic mass is 10.1. The van der Waals surface area contributed by atoms with E-state index in [2.05, 4.69) is 6.08 Å². The maximum absolute atomic E-state index is 13.2. The number of aliphatic imine (C=N–C) groups is 1. The van der Waals surface area contributed by atoms with Crippen molar-refractivity contribution in [1.82, 2.24) is 4.90 Å².